The maximum absolute atomic E-state index is 13.5. The maximum atomic E-state index is 13.5. The number of amides is 2. The van der Waals surface area contributed by atoms with Gasteiger partial charge in [-0.25, -0.2) is 8.42 Å². The third-order valence-electron chi connectivity index (χ3n) is 6.21. The van der Waals surface area contributed by atoms with Crippen LogP contribution in [0.5, 0.6) is 0 Å². The largest absolute Gasteiger partial charge is 0.338 e. The van der Waals surface area contributed by atoms with Crippen molar-refractivity contribution < 1.29 is 18.0 Å². The fraction of sp³-hybridized carbons (Fsp3) is 0.417. The Balaban J connectivity index is 1.44. The van der Waals surface area contributed by atoms with Crippen LogP contribution in [-0.4, -0.2) is 79.2 Å². The maximum Gasteiger partial charge on any atom is 0.255 e. The number of hydrogen-bond acceptors (Lipinski definition) is 5. The number of rotatable bonds is 7. The normalized spacial score (nSPS) is 18.0. The van der Waals surface area contributed by atoms with Gasteiger partial charge in [0.1, 0.15) is 15.9 Å². The van der Waals surface area contributed by atoms with Gasteiger partial charge in [0.05, 0.1) is 5.75 Å². The standard InChI is InChI=1S/C24H29N3O4S/c1-32(30,31)16-11-22(27-18-20-9-5-6-10-21(20)23(27)28)24(29)26-14-12-25(13-15-26)17-19-7-3-2-4-8-19/h2-10,22H,11-18H2,1H3. The number of sulfone groups is 1. The highest BCUT2D eigenvalue weighted by atomic mass is 32.2. The average molecular weight is 456 g/mol. The predicted octanol–water partition coefficient (Wildman–Crippen LogP) is 1.79. The summed E-state index contributed by atoms with van der Waals surface area (Å²) in [6, 6.07) is 16.8. The Labute approximate surface area is 189 Å². The van der Waals surface area contributed by atoms with E-state index in [1.807, 2.05) is 30.3 Å². The number of carbonyl (C=O) groups is 2. The molecule has 0 saturated carbocycles. The molecule has 2 aliphatic heterocycles. The minimum atomic E-state index is -3.26. The van der Waals surface area contributed by atoms with Crippen LogP contribution in [0.3, 0.4) is 0 Å². The molecule has 1 atom stereocenters. The third kappa shape index (κ3) is 5.19. The number of fused-ring (bicyclic) bond motifs is 1. The van der Waals surface area contributed by atoms with Crippen molar-refractivity contribution in [1.82, 2.24) is 14.7 Å². The summed E-state index contributed by atoms with van der Waals surface area (Å²) in [4.78, 5) is 32.1. The second kappa shape index (κ2) is 9.42. The summed E-state index contributed by atoms with van der Waals surface area (Å²) < 4.78 is 23.7. The van der Waals surface area contributed by atoms with E-state index in [4.69, 9.17) is 0 Å². The van der Waals surface area contributed by atoms with Gasteiger partial charge in [-0.15, -0.1) is 0 Å². The van der Waals surface area contributed by atoms with Crippen molar-refractivity contribution in [3.8, 4) is 0 Å². The van der Waals surface area contributed by atoms with Crippen molar-refractivity contribution in [1.29, 1.82) is 0 Å². The molecule has 0 aliphatic carbocycles. The highest BCUT2D eigenvalue weighted by Crippen LogP contribution is 2.27. The summed E-state index contributed by atoms with van der Waals surface area (Å²) in [6.45, 7) is 3.79. The molecular weight excluding hydrogens is 426 g/mol. The van der Waals surface area contributed by atoms with E-state index in [0.29, 0.717) is 25.2 Å². The van der Waals surface area contributed by atoms with Crippen LogP contribution in [0.1, 0.15) is 27.9 Å². The van der Waals surface area contributed by atoms with Crippen LogP contribution in [0.25, 0.3) is 0 Å². The van der Waals surface area contributed by atoms with E-state index in [0.717, 1.165) is 31.5 Å². The third-order valence-corrected chi connectivity index (χ3v) is 7.18. The SMILES string of the molecule is CS(=O)(=O)CCC(C(=O)N1CCN(Cc2ccccc2)CC1)N1Cc2ccccc2C1=O. The molecule has 0 bridgehead atoms. The van der Waals surface area contributed by atoms with E-state index in [9.17, 15) is 18.0 Å². The van der Waals surface area contributed by atoms with Gasteiger partial charge >= 0.3 is 0 Å². The van der Waals surface area contributed by atoms with Gasteiger partial charge in [-0.3, -0.25) is 14.5 Å². The van der Waals surface area contributed by atoms with E-state index in [2.05, 4.69) is 17.0 Å². The zero-order chi connectivity index (χ0) is 22.7. The van der Waals surface area contributed by atoms with Gasteiger partial charge in [-0.1, -0.05) is 48.5 Å². The lowest BCUT2D eigenvalue weighted by Crippen LogP contribution is -2.55. The van der Waals surface area contributed by atoms with Crippen LogP contribution < -0.4 is 0 Å². The summed E-state index contributed by atoms with van der Waals surface area (Å²) in [6.07, 6.45) is 1.28. The molecule has 1 saturated heterocycles. The fourth-order valence-corrected chi connectivity index (χ4v) is 5.10. The highest BCUT2D eigenvalue weighted by molar-refractivity contribution is 7.90. The van der Waals surface area contributed by atoms with E-state index in [1.165, 1.54) is 5.56 Å². The van der Waals surface area contributed by atoms with E-state index in [-0.39, 0.29) is 24.0 Å². The minimum Gasteiger partial charge on any atom is -0.338 e. The van der Waals surface area contributed by atoms with Gasteiger partial charge in [0.2, 0.25) is 5.91 Å². The van der Waals surface area contributed by atoms with Crippen molar-refractivity contribution >= 4 is 21.7 Å². The molecule has 2 heterocycles. The Bertz CT molecular complexity index is 1080. The first-order valence-electron chi connectivity index (χ1n) is 10.9. The number of nitrogens with zero attached hydrogens (tertiary/aromatic N) is 3. The van der Waals surface area contributed by atoms with Crippen molar-refractivity contribution in [2.75, 3.05) is 38.2 Å². The van der Waals surface area contributed by atoms with Crippen LogP contribution in [0.4, 0.5) is 0 Å². The number of hydrogen-bond donors (Lipinski definition) is 0. The Morgan fingerprint density at radius 2 is 1.62 bits per heavy atom. The highest BCUT2D eigenvalue weighted by Gasteiger charge is 2.38. The fourth-order valence-electron chi connectivity index (χ4n) is 4.45. The summed E-state index contributed by atoms with van der Waals surface area (Å²) in [5.41, 5.74) is 2.71. The molecule has 2 aromatic rings. The molecule has 32 heavy (non-hydrogen) atoms. The molecule has 170 valence electrons. The van der Waals surface area contributed by atoms with Crippen molar-refractivity contribution in [2.24, 2.45) is 0 Å². The first kappa shape index (κ1) is 22.5. The van der Waals surface area contributed by atoms with Crippen molar-refractivity contribution in [3.63, 3.8) is 0 Å². The van der Waals surface area contributed by atoms with E-state index < -0.39 is 15.9 Å². The van der Waals surface area contributed by atoms with Crippen LogP contribution in [0, 0.1) is 0 Å². The van der Waals surface area contributed by atoms with Gasteiger partial charge in [0, 0.05) is 51.1 Å². The molecule has 0 aromatic heterocycles. The zero-order valence-corrected chi connectivity index (χ0v) is 19.1. The van der Waals surface area contributed by atoms with Crippen LogP contribution in [0.2, 0.25) is 0 Å². The molecule has 2 amide bonds. The molecule has 1 unspecified atom stereocenters. The second-order valence-electron chi connectivity index (χ2n) is 8.61. The van der Waals surface area contributed by atoms with Gasteiger partial charge in [0.25, 0.3) is 5.91 Å². The predicted molar refractivity (Wildman–Crippen MR) is 123 cm³/mol. The average Bonchev–Trinajstić information content (AvgIpc) is 3.11. The van der Waals surface area contributed by atoms with Gasteiger partial charge in [-0.2, -0.15) is 0 Å². The zero-order valence-electron chi connectivity index (χ0n) is 18.3. The number of piperazine rings is 1. The second-order valence-corrected chi connectivity index (χ2v) is 10.9. The lowest BCUT2D eigenvalue weighted by atomic mass is 10.1. The van der Waals surface area contributed by atoms with Crippen LogP contribution in [-0.2, 0) is 27.7 Å². The monoisotopic (exact) mass is 455 g/mol. The molecule has 1 fully saturated rings. The van der Waals surface area contributed by atoms with E-state index in [1.54, 1.807) is 21.9 Å². The molecule has 0 radical (unpaired) electrons. The molecule has 7 nitrogen and oxygen atoms in total. The van der Waals surface area contributed by atoms with Crippen molar-refractivity contribution in [3.05, 3.63) is 71.3 Å². The molecule has 4 rings (SSSR count). The quantitative estimate of drug-likeness (QED) is 0.636. The van der Waals surface area contributed by atoms with Crippen molar-refractivity contribution in [2.45, 2.75) is 25.6 Å². The molecule has 0 N–H and O–H groups in total. The summed E-state index contributed by atoms with van der Waals surface area (Å²) in [5.74, 6) is -0.485. The Hall–Kier alpha value is -2.71. The molecule has 8 heteroatoms. The Morgan fingerprint density at radius 3 is 2.28 bits per heavy atom. The first-order valence-corrected chi connectivity index (χ1v) is 13.0. The molecule has 0 spiro atoms. The van der Waals surface area contributed by atoms with E-state index >= 15 is 0 Å². The molecular formula is C24H29N3O4S. The van der Waals surface area contributed by atoms with Crippen LogP contribution >= 0.6 is 0 Å². The summed E-state index contributed by atoms with van der Waals surface area (Å²) in [5, 5.41) is 0. The Morgan fingerprint density at radius 1 is 0.969 bits per heavy atom. The number of carbonyl (C=O) groups excluding carboxylic acids is 2. The lowest BCUT2D eigenvalue weighted by Gasteiger charge is -2.38. The van der Waals surface area contributed by atoms with Crippen LogP contribution in [0.15, 0.2) is 54.6 Å². The topological polar surface area (TPSA) is 78.0 Å². The lowest BCUT2D eigenvalue weighted by molar-refractivity contribution is -0.138. The van der Waals surface area contributed by atoms with Gasteiger partial charge in [0.15, 0.2) is 0 Å². The Kier molecular flexibility index (Phi) is 6.62. The first-order chi connectivity index (χ1) is 15.3. The van der Waals surface area contributed by atoms with Gasteiger partial charge < -0.3 is 9.80 Å². The molecule has 2 aromatic carbocycles. The smallest absolute Gasteiger partial charge is 0.255 e. The number of benzene rings is 2. The minimum absolute atomic E-state index is 0.113. The van der Waals surface area contributed by atoms with Gasteiger partial charge in [-0.05, 0) is 23.6 Å². The summed E-state index contributed by atoms with van der Waals surface area (Å²) >= 11 is 0. The summed E-state index contributed by atoms with van der Waals surface area (Å²) in [7, 11) is -3.26. The molecule has 2 aliphatic rings.